The summed E-state index contributed by atoms with van der Waals surface area (Å²) in [6.07, 6.45) is 8.04. The quantitative estimate of drug-likeness (QED) is 0.763. The van der Waals surface area contributed by atoms with Crippen molar-refractivity contribution >= 4 is 12.4 Å². The van der Waals surface area contributed by atoms with E-state index in [0.717, 1.165) is 13.2 Å². The lowest BCUT2D eigenvalue weighted by Gasteiger charge is -2.37. The largest absolute Gasteiger partial charge is 0.382 e. The fraction of sp³-hybridized carbons (Fsp3) is 1.00. The first kappa shape index (κ1) is 18.2. The molecule has 0 unspecified atom stereocenters. The molecule has 2 fully saturated rings. The third-order valence-electron chi connectivity index (χ3n) is 4.56. The highest BCUT2D eigenvalue weighted by molar-refractivity contribution is 5.85. The molecule has 20 heavy (non-hydrogen) atoms. The minimum atomic E-state index is 0. The van der Waals surface area contributed by atoms with Gasteiger partial charge in [-0.25, -0.2) is 0 Å². The number of piperidine rings is 1. The molecule has 2 rings (SSSR count). The highest BCUT2D eigenvalue weighted by atomic mass is 35.5. The highest BCUT2D eigenvalue weighted by Gasteiger charge is 2.27. The molecule has 5 heteroatoms. The summed E-state index contributed by atoms with van der Waals surface area (Å²) in [6.45, 7) is 4.88. The Bertz CT molecular complexity index is 256. The molecular formula is C15H31ClN2O2. The van der Waals surface area contributed by atoms with E-state index in [9.17, 15) is 0 Å². The van der Waals surface area contributed by atoms with Crippen LogP contribution >= 0.6 is 12.4 Å². The molecule has 0 radical (unpaired) electrons. The van der Waals surface area contributed by atoms with Gasteiger partial charge in [0.05, 0.1) is 19.3 Å². The zero-order valence-electron chi connectivity index (χ0n) is 12.8. The predicted molar refractivity (Wildman–Crippen MR) is 84.5 cm³/mol. The fourth-order valence-corrected chi connectivity index (χ4v) is 3.41. The molecule has 120 valence electrons. The summed E-state index contributed by atoms with van der Waals surface area (Å²) in [4.78, 5) is 2.57. The van der Waals surface area contributed by atoms with Crippen molar-refractivity contribution < 1.29 is 9.47 Å². The normalized spacial score (nSPS) is 31.8. The van der Waals surface area contributed by atoms with Gasteiger partial charge in [-0.1, -0.05) is 12.8 Å². The second-order valence-electron chi connectivity index (χ2n) is 6.10. The van der Waals surface area contributed by atoms with Gasteiger partial charge in [-0.3, -0.25) is 0 Å². The van der Waals surface area contributed by atoms with Crippen LogP contribution in [0.2, 0.25) is 0 Å². The Labute approximate surface area is 129 Å². The number of hydrogen-bond acceptors (Lipinski definition) is 4. The van der Waals surface area contributed by atoms with Crippen molar-refractivity contribution in [2.24, 2.45) is 11.7 Å². The van der Waals surface area contributed by atoms with Crippen molar-refractivity contribution in [3.05, 3.63) is 0 Å². The third kappa shape index (κ3) is 5.86. The molecule has 1 aliphatic heterocycles. The second-order valence-corrected chi connectivity index (χ2v) is 6.10. The van der Waals surface area contributed by atoms with E-state index in [4.69, 9.17) is 15.2 Å². The number of likely N-dealkylation sites (tertiary alicyclic amines) is 1. The molecular weight excluding hydrogens is 276 g/mol. The number of methoxy groups -OCH3 is 1. The number of rotatable bonds is 6. The van der Waals surface area contributed by atoms with Crippen molar-refractivity contribution in [1.29, 1.82) is 0 Å². The molecule has 3 atom stereocenters. The Morgan fingerprint density at radius 1 is 1.10 bits per heavy atom. The molecule has 1 saturated carbocycles. The van der Waals surface area contributed by atoms with Crippen LogP contribution in [0, 0.1) is 5.92 Å². The Kier molecular flexibility index (Phi) is 9.05. The van der Waals surface area contributed by atoms with E-state index >= 15 is 0 Å². The Balaban J connectivity index is 0.00000200. The van der Waals surface area contributed by atoms with Gasteiger partial charge in [0.15, 0.2) is 0 Å². The lowest BCUT2D eigenvalue weighted by molar-refractivity contribution is -0.0249. The summed E-state index contributed by atoms with van der Waals surface area (Å²) < 4.78 is 10.9. The van der Waals surface area contributed by atoms with Crippen LogP contribution < -0.4 is 5.73 Å². The zero-order chi connectivity index (χ0) is 13.5. The summed E-state index contributed by atoms with van der Waals surface area (Å²) >= 11 is 0. The average molecular weight is 307 g/mol. The Hall–Kier alpha value is 0.130. The van der Waals surface area contributed by atoms with Crippen LogP contribution in [0.1, 0.15) is 38.5 Å². The van der Waals surface area contributed by atoms with E-state index in [0.29, 0.717) is 24.7 Å². The molecule has 0 aromatic heterocycles. The standard InChI is InChI=1S/C15H30N2O2.ClH/c1-18-9-10-19-14-6-4-8-17(12-14)11-13-5-2-3-7-15(13)16;/h13-15H,2-12,16H2,1H3;1H/t13-,14+,15+;/m0./s1. The number of hydrogen-bond donors (Lipinski definition) is 1. The zero-order valence-corrected chi connectivity index (χ0v) is 13.6. The highest BCUT2D eigenvalue weighted by Crippen LogP contribution is 2.25. The van der Waals surface area contributed by atoms with Crippen molar-refractivity contribution in [3.63, 3.8) is 0 Å². The molecule has 0 aromatic carbocycles. The Morgan fingerprint density at radius 2 is 1.90 bits per heavy atom. The van der Waals surface area contributed by atoms with Crippen LogP contribution in [0.4, 0.5) is 0 Å². The minimum Gasteiger partial charge on any atom is -0.382 e. The van der Waals surface area contributed by atoms with E-state index in [2.05, 4.69) is 4.90 Å². The van der Waals surface area contributed by atoms with Crippen molar-refractivity contribution in [2.75, 3.05) is 40.0 Å². The van der Waals surface area contributed by atoms with E-state index in [1.807, 2.05) is 0 Å². The van der Waals surface area contributed by atoms with Crippen molar-refractivity contribution in [1.82, 2.24) is 4.90 Å². The average Bonchev–Trinajstić information content (AvgIpc) is 2.42. The van der Waals surface area contributed by atoms with E-state index in [-0.39, 0.29) is 12.4 Å². The van der Waals surface area contributed by atoms with Crippen molar-refractivity contribution in [3.8, 4) is 0 Å². The number of nitrogens with two attached hydrogens (primary N) is 1. The first-order valence-corrected chi connectivity index (χ1v) is 7.88. The molecule has 0 amide bonds. The molecule has 0 spiro atoms. The van der Waals surface area contributed by atoms with Crippen LogP contribution in [0.25, 0.3) is 0 Å². The molecule has 2 N–H and O–H groups in total. The van der Waals surface area contributed by atoms with Crippen LogP contribution in [-0.4, -0.2) is 57.0 Å². The fourth-order valence-electron chi connectivity index (χ4n) is 3.41. The molecule has 1 aliphatic carbocycles. The van der Waals surface area contributed by atoms with E-state index in [1.54, 1.807) is 7.11 Å². The first-order chi connectivity index (χ1) is 9.29. The molecule has 1 heterocycles. The Morgan fingerprint density at radius 3 is 2.65 bits per heavy atom. The van der Waals surface area contributed by atoms with Gasteiger partial charge in [-0.15, -0.1) is 12.4 Å². The van der Waals surface area contributed by atoms with Gasteiger partial charge in [0.1, 0.15) is 0 Å². The van der Waals surface area contributed by atoms with Gasteiger partial charge in [0, 0.05) is 26.2 Å². The molecule has 2 aliphatic rings. The molecule has 4 nitrogen and oxygen atoms in total. The second kappa shape index (κ2) is 9.96. The third-order valence-corrected chi connectivity index (χ3v) is 4.56. The first-order valence-electron chi connectivity index (χ1n) is 7.88. The van der Waals surface area contributed by atoms with Crippen LogP contribution in [0.3, 0.4) is 0 Å². The van der Waals surface area contributed by atoms with Gasteiger partial charge in [0.25, 0.3) is 0 Å². The topological polar surface area (TPSA) is 47.7 Å². The maximum absolute atomic E-state index is 6.25. The lowest BCUT2D eigenvalue weighted by atomic mass is 9.84. The molecule has 1 saturated heterocycles. The van der Waals surface area contributed by atoms with Crippen LogP contribution in [0.15, 0.2) is 0 Å². The maximum Gasteiger partial charge on any atom is 0.0704 e. The summed E-state index contributed by atoms with van der Waals surface area (Å²) in [6, 6.07) is 0.420. The van der Waals surface area contributed by atoms with Gasteiger partial charge < -0.3 is 20.1 Å². The minimum absolute atomic E-state index is 0. The molecule has 0 aromatic rings. The van der Waals surface area contributed by atoms with Crippen molar-refractivity contribution in [2.45, 2.75) is 50.7 Å². The lowest BCUT2D eigenvalue weighted by Crippen LogP contribution is -2.46. The van der Waals surface area contributed by atoms with Gasteiger partial charge >= 0.3 is 0 Å². The summed E-state index contributed by atoms with van der Waals surface area (Å²) in [5, 5.41) is 0. The molecule has 0 bridgehead atoms. The van der Waals surface area contributed by atoms with Gasteiger partial charge in [0.2, 0.25) is 0 Å². The predicted octanol–water partition coefficient (Wildman–Crippen LogP) is 2.05. The van der Waals surface area contributed by atoms with E-state index < -0.39 is 0 Å². The van der Waals surface area contributed by atoms with Crippen LogP contribution in [0.5, 0.6) is 0 Å². The number of nitrogens with zero attached hydrogens (tertiary/aromatic N) is 1. The SMILES string of the molecule is COCCO[C@@H]1CCCN(C[C@@H]2CCCC[C@H]2N)C1.Cl. The summed E-state index contributed by atoms with van der Waals surface area (Å²) in [7, 11) is 1.72. The maximum atomic E-state index is 6.25. The number of halogens is 1. The van der Waals surface area contributed by atoms with Gasteiger partial charge in [-0.05, 0) is 38.1 Å². The monoisotopic (exact) mass is 306 g/mol. The van der Waals surface area contributed by atoms with Gasteiger partial charge in [-0.2, -0.15) is 0 Å². The smallest absolute Gasteiger partial charge is 0.0704 e. The van der Waals surface area contributed by atoms with E-state index in [1.165, 1.54) is 51.6 Å². The van der Waals surface area contributed by atoms with Crippen LogP contribution in [-0.2, 0) is 9.47 Å². The summed E-state index contributed by atoms with van der Waals surface area (Å²) in [5.74, 6) is 0.700. The summed E-state index contributed by atoms with van der Waals surface area (Å²) in [5.41, 5.74) is 6.25. The number of ether oxygens (including phenoxy) is 2.